The third kappa shape index (κ3) is 2.53. The molecule has 1 aliphatic heterocycles. The molecule has 0 spiro atoms. The minimum Gasteiger partial charge on any atom is -0.298 e. The van der Waals surface area contributed by atoms with Crippen LogP contribution in [0.25, 0.3) is 10.2 Å². The van der Waals surface area contributed by atoms with E-state index in [-0.39, 0.29) is 10.8 Å². The fraction of sp³-hybridized carbons (Fsp3) is 0.684. The highest BCUT2D eigenvalue weighted by atomic mass is 79.9. The van der Waals surface area contributed by atoms with Gasteiger partial charge in [-0.15, -0.1) is 11.3 Å². The molecule has 1 unspecified atom stereocenters. The maximum atomic E-state index is 13.3. The lowest BCUT2D eigenvalue weighted by Gasteiger charge is -2.55. The van der Waals surface area contributed by atoms with Crippen LogP contribution >= 0.6 is 27.3 Å². The number of halogens is 1. The SMILES string of the molecule is [2H]C([2H])([2H])n1c(C23CCC(C4CN(C)NN4)(CC2)CC3)nc2c(Br)c(C)sc2c1=O. The zero-order valence-electron chi connectivity index (χ0n) is 18.6. The Hall–Kier alpha value is -0.800. The van der Waals surface area contributed by atoms with Gasteiger partial charge in [0.25, 0.3) is 5.56 Å². The topological polar surface area (TPSA) is 62.2 Å². The number of likely N-dealkylation sites (N-methyl/N-ethyl adjacent to an activating group) is 1. The molecule has 3 heterocycles. The minimum absolute atomic E-state index is 0.217. The highest BCUT2D eigenvalue weighted by Crippen LogP contribution is 2.59. The molecule has 6 nitrogen and oxygen atoms in total. The molecule has 2 aromatic heterocycles. The molecule has 3 saturated carbocycles. The average molecular weight is 455 g/mol. The molecule has 6 rings (SSSR count). The predicted molar refractivity (Wildman–Crippen MR) is 112 cm³/mol. The minimum atomic E-state index is -2.54. The van der Waals surface area contributed by atoms with E-state index in [1.54, 1.807) is 0 Å². The molecule has 0 radical (unpaired) electrons. The van der Waals surface area contributed by atoms with Crippen molar-refractivity contribution in [1.82, 2.24) is 25.5 Å². The standard InChI is InChI=1S/C19H26BrN5OS/c1-11-13(20)14-15(27-11)16(26)25(3)17(21-14)19-7-4-18(5-8-19,6-9-19)12-10-24(2)23-22-12/h12,22-23H,4-10H2,1-3H3/i3D3. The zero-order chi connectivity index (χ0) is 21.5. The number of nitrogens with one attached hydrogen (secondary N) is 2. The van der Waals surface area contributed by atoms with E-state index >= 15 is 0 Å². The first kappa shape index (κ1) is 15.1. The number of aromatic nitrogens is 2. The van der Waals surface area contributed by atoms with Gasteiger partial charge < -0.3 is 0 Å². The van der Waals surface area contributed by atoms with Gasteiger partial charge in [-0.2, -0.15) is 5.53 Å². The molecule has 2 aromatic rings. The largest absolute Gasteiger partial charge is 0.298 e. The van der Waals surface area contributed by atoms with Crippen molar-refractivity contribution >= 4 is 37.5 Å². The van der Waals surface area contributed by atoms with Gasteiger partial charge >= 0.3 is 0 Å². The number of hydrazine groups is 2. The van der Waals surface area contributed by atoms with Crippen molar-refractivity contribution in [3.63, 3.8) is 0 Å². The monoisotopic (exact) mass is 454 g/mol. The normalized spacial score (nSPS) is 36.1. The molecule has 3 aliphatic carbocycles. The molecule has 4 fully saturated rings. The second kappa shape index (κ2) is 6.10. The summed E-state index contributed by atoms with van der Waals surface area (Å²) in [6, 6.07) is 0.384. The molecule has 2 N–H and O–H groups in total. The lowest BCUT2D eigenvalue weighted by molar-refractivity contribution is 0.00818. The van der Waals surface area contributed by atoms with Crippen LogP contribution in [0, 0.1) is 12.3 Å². The second-order valence-corrected chi connectivity index (χ2v) is 10.6. The number of hydrogen-bond acceptors (Lipinski definition) is 6. The van der Waals surface area contributed by atoms with E-state index in [0.29, 0.717) is 22.1 Å². The van der Waals surface area contributed by atoms with Gasteiger partial charge in [-0.05, 0) is 66.8 Å². The van der Waals surface area contributed by atoms with E-state index in [1.807, 2.05) is 14.0 Å². The Morgan fingerprint density at radius 1 is 1.30 bits per heavy atom. The van der Waals surface area contributed by atoms with Gasteiger partial charge in [0, 0.05) is 41.0 Å². The van der Waals surface area contributed by atoms with Crippen molar-refractivity contribution < 1.29 is 4.11 Å². The molecule has 0 aromatic carbocycles. The highest BCUT2D eigenvalue weighted by molar-refractivity contribution is 9.10. The van der Waals surface area contributed by atoms with Crippen molar-refractivity contribution in [3.05, 3.63) is 25.5 Å². The summed E-state index contributed by atoms with van der Waals surface area (Å²) in [5, 5.41) is 2.08. The van der Waals surface area contributed by atoms with Gasteiger partial charge in [-0.25, -0.2) is 15.4 Å². The van der Waals surface area contributed by atoms with E-state index in [9.17, 15) is 4.79 Å². The molecule has 0 amide bonds. The smallest absolute Gasteiger partial charge is 0.271 e. The van der Waals surface area contributed by atoms with Crippen LogP contribution in [0.3, 0.4) is 0 Å². The van der Waals surface area contributed by atoms with Gasteiger partial charge in [-0.3, -0.25) is 9.36 Å². The van der Waals surface area contributed by atoms with E-state index in [1.165, 1.54) is 11.3 Å². The summed E-state index contributed by atoms with van der Waals surface area (Å²) in [5.74, 6) is 0.460. The van der Waals surface area contributed by atoms with E-state index in [4.69, 9.17) is 9.10 Å². The summed E-state index contributed by atoms with van der Waals surface area (Å²) in [4.78, 5) is 19.1. The fourth-order valence-corrected chi connectivity index (χ4v) is 7.02. The lowest BCUT2D eigenvalue weighted by Crippen LogP contribution is -2.55. The van der Waals surface area contributed by atoms with E-state index in [0.717, 1.165) is 59.0 Å². The average Bonchev–Trinajstić information content (AvgIpc) is 3.27. The Morgan fingerprint density at radius 2 is 2.00 bits per heavy atom. The molecule has 1 saturated heterocycles. The van der Waals surface area contributed by atoms with Crippen LogP contribution < -0.4 is 16.5 Å². The summed E-state index contributed by atoms with van der Waals surface area (Å²) in [6.45, 7) is 0.333. The van der Waals surface area contributed by atoms with Crippen LogP contribution in [0.15, 0.2) is 9.27 Å². The fourth-order valence-electron chi connectivity index (χ4n) is 5.44. The van der Waals surface area contributed by atoms with Crippen LogP contribution in [0.1, 0.15) is 53.3 Å². The Kier molecular flexibility index (Phi) is 3.41. The number of rotatable bonds is 2. The maximum Gasteiger partial charge on any atom is 0.271 e. The Labute approximate surface area is 175 Å². The molecule has 146 valence electrons. The quantitative estimate of drug-likeness (QED) is 0.729. The lowest BCUT2D eigenvalue weighted by atomic mass is 9.51. The Bertz CT molecular complexity index is 1060. The molecule has 2 bridgehead atoms. The summed E-state index contributed by atoms with van der Waals surface area (Å²) >= 11 is 4.88. The molecule has 8 heteroatoms. The van der Waals surface area contributed by atoms with Gasteiger partial charge in [0.15, 0.2) is 0 Å². The third-order valence-electron chi connectivity index (χ3n) is 7.22. The first-order valence-electron chi connectivity index (χ1n) is 11.0. The van der Waals surface area contributed by atoms with Crippen molar-refractivity contribution in [2.24, 2.45) is 12.4 Å². The Morgan fingerprint density at radius 3 is 2.59 bits per heavy atom. The predicted octanol–water partition coefficient (Wildman–Crippen LogP) is 2.98. The summed E-state index contributed by atoms with van der Waals surface area (Å²) in [5.41, 5.74) is 6.67. The number of aryl methyl sites for hydroxylation is 1. The van der Waals surface area contributed by atoms with Crippen LogP contribution in [0.4, 0.5) is 0 Å². The zero-order valence-corrected chi connectivity index (χ0v) is 18.0. The summed E-state index contributed by atoms with van der Waals surface area (Å²) in [7, 11) is 2.04. The van der Waals surface area contributed by atoms with Crippen LogP contribution in [-0.2, 0) is 12.4 Å². The third-order valence-corrected chi connectivity index (χ3v) is 9.53. The van der Waals surface area contributed by atoms with Crippen molar-refractivity contribution in [2.45, 2.75) is 56.9 Å². The number of fused-ring (bicyclic) bond motifs is 4. The number of thiophene rings is 1. The molecule has 27 heavy (non-hydrogen) atoms. The van der Waals surface area contributed by atoms with Crippen molar-refractivity contribution in [2.75, 3.05) is 13.6 Å². The highest BCUT2D eigenvalue weighted by Gasteiger charge is 2.55. The molecular formula is C19H26BrN5OS. The van der Waals surface area contributed by atoms with E-state index < -0.39 is 12.5 Å². The van der Waals surface area contributed by atoms with Gasteiger partial charge in [0.1, 0.15) is 16.0 Å². The molecular weight excluding hydrogens is 426 g/mol. The first-order valence-corrected chi connectivity index (χ1v) is 11.1. The van der Waals surface area contributed by atoms with Gasteiger partial charge in [0.2, 0.25) is 0 Å². The van der Waals surface area contributed by atoms with Crippen LogP contribution in [0.2, 0.25) is 0 Å². The Balaban J connectivity index is 1.60. The molecule has 1 atom stereocenters. The van der Waals surface area contributed by atoms with Crippen molar-refractivity contribution in [1.29, 1.82) is 0 Å². The van der Waals surface area contributed by atoms with Crippen molar-refractivity contribution in [3.8, 4) is 0 Å². The summed E-state index contributed by atoms with van der Waals surface area (Å²) < 4.78 is 26.6. The second-order valence-electron chi connectivity index (χ2n) is 8.56. The number of nitrogens with zero attached hydrogens (tertiary/aromatic N) is 3. The van der Waals surface area contributed by atoms with Crippen LogP contribution in [-0.4, -0.2) is 34.2 Å². The van der Waals surface area contributed by atoms with Gasteiger partial charge in [0.05, 0.1) is 4.47 Å². The maximum absolute atomic E-state index is 13.3. The van der Waals surface area contributed by atoms with E-state index in [2.05, 4.69) is 31.9 Å². The van der Waals surface area contributed by atoms with Crippen LogP contribution in [0.5, 0.6) is 0 Å². The van der Waals surface area contributed by atoms with Gasteiger partial charge in [-0.1, -0.05) is 0 Å². The first-order chi connectivity index (χ1) is 14.1. The number of hydrogen-bond donors (Lipinski definition) is 2. The summed E-state index contributed by atoms with van der Waals surface area (Å²) in [6.07, 6.45) is 5.63. The molecule has 4 aliphatic rings.